The second-order valence-electron chi connectivity index (χ2n) is 5.51. The highest BCUT2D eigenvalue weighted by Gasteiger charge is 2.06. The maximum atomic E-state index is 4.61. The first-order chi connectivity index (χ1) is 9.54. The summed E-state index contributed by atoms with van der Waals surface area (Å²) in [4.78, 5) is 13.6. The van der Waals surface area contributed by atoms with Crippen LogP contribution in [-0.4, -0.2) is 21.5 Å². The van der Waals surface area contributed by atoms with Gasteiger partial charge in [0.25, 0.3) is 0 Å². The maximum Gasteiger partial charge on any atom is 0.178 e. The van der Waals surface area contributed by atoms with Gasteiger partial charge in [0, 0.05) is 17.9 Å². The third-order valence-electron chi connectivity index (χ3n) is 2.88. The minimum absolute atomic E-state index is 0.635. The zero-order valence-electron chi connectivity index (χ0n) is 12.6. The Bertz CT molecular complexity index is 578. The second kappa shape index (κ2) is 6.57. The van der Waals surface area contributed by atoms with Crippen molar-refractivity contribution >= 4 is 0 Å². The molecule has 4 heteroatoms. The first kappa shape index (κ1) is 14.6. The van der Waals surface area contributed by atoms with Gasteiger partial charge >= 0.3 is 0 Å². The molecule has 0 aliphatic carbocycles. The Balaban J connectivity index is 2.20. The Hall–Kier alpha value is -1.81. The van der Waals surface area contributed by atoms with Crippen LogP contribution >= 0.6 is 0 Å². The quantitative estimate of drug-likeness (QED) is 0.907. The van der Waals surface area contributed by atoms with E-state index < -0.39 is 0 Å². The molecular formula is C16H22N4. The molecule has 0 fully saturated rings. The normalized spacial score (nSPS) is 11.1. The lowest BCUT2D eigenvalue weighted by Gasteiger charge is -2.09. The van der Waals surface area contributed by atoms with Crippen molar-refractivity contribution < 1.29 is 0 Å². The van der Waals surface area contributed by atoms with Crippen molar-refractivity contribution in [2.45, 2.75) is 34.2 Å². The minimum Gasteiger partial charge on any atom is -0.311 e. The fourth-order valence-corrected chi connectivity index (χ4v) is 2.00. The molecule has 0 aliphatic heterocycles. The van der Waals surface area contributed by atoms with E-state index in [0.717, 1.165) is 35.9 Å². The van der Waals surface area contributed by atoms with Crippen LogP contribution in [0.15, 0.2) is 24.3 Å². The van der Waals surface area contributed by atoms with Crippen molar-refractivity contribution in [1.82, 2.24) is 20.3 Å². The Kier molecular flexibility index (Phi) is 4.79. The molecule has 2 heterocycles. The number of pyridine rings is 1. The summed E-state index contributed by atoms with van der Waals surface area (Å²) in [6.07, 6.45) is 0. The van der Waals surface area contributed by atoms with Gasteiger partial charge in [0.05, 0.1) is 5.69 Å². The van der Waals surface area contributed by atoms with Crippen molar-refractivity contribution in [1.29, 1.82) is 0 Å². The summed E-state index contributed by atoms with van der Waals surface area (Å²) in [5.41, 5.74) is 3.79. The van der Waals surface area contributed by atoms with Crippen molar-refractivity contribution in [2.75, 3.05) is 6.54 Å². The standard InChI is InChI=1S/C16H22N4/c1-11(2)9-17-10-14-8-13(4)19-16(20-14)15-7-5-6-12(3)18-15/h5-8,11,17H,9-10H2,1-4H3. The lowest BCUT2D eigenvalue weighted by atomic mass is 10.2. The van der Waals surface area contributed by atoms with Gasteiger partial charge in [-0.2, -0.15) is 0 Å². The summed E-state index contributed by atoms with van der Waals surface area (Å²) in [6, 6.07) is 7.93. The summed E-state index contributed by atoms with van der Waals surface area (Å²) in [7, 11) is 0. The molecular weight excluding hydrogens is 248 g/mol. The molecule has 2 rings (SSSR count). The van der Waals surface area contributed by atoms with Gasteiger partial charge in [0.2, 0.25) is 0 Å². The number of aryl methyl sites for hydroxylation is 2. The van der Waals surface area contributed by atoms with Gasteiger partial charge < -0.3 is 5.32 Å². The number of nitrogens with one attached hydrogen (secondary N) is 1. The van der Waals surface area contributed by atoms with Gasteiger partial charge in [-0.05, 0) is 44.5 Å². The molecule has 0 atom stereocenters. The average Bonchev–Trinajstić information content (AvgIpc) is 2.37. The molecule has 0 bridgehead atoms. The summed E-state index contributed by atoms with van der Waals surface area (Å²) in [5, 5.41) is 3.41. The Labute approximate surface area is 120 Å². The van der Waals surface area contributed by atoms with Gasteiger partial charge in [-0.25, -0.2) is 15.0 Å². The van der Waals surface area contributed by atoms with E-state index in [0.29, 0.717) is 11.7 Å². The number of rotatable bonds is 5. The van der Waals surface area contributed by atoms with Crippen LogP contribution in [0.4, 0.5) is 0 Å². The van der Waals surface area contributed by atoms with E-state index in [2.05, 4.69) is 34.1 Å². The topological polar surface area (TPSA) is 50.7 Å². The smallest absolute Gasteiger partial charge is 0.178 e. The van der Waals surface area contributed by atoms with Crippen LogP contribution in [0.3, 0.4) is 0 Å². The monoisotopic (exact) mass is 270 g/mol. The van der Waals surface area contributed by atoms with E-state index in [1.807, 2.05) is 38.1 Å². The molecule has 0 unspecified atom stereocenters. The number of hydrogen-bond donors (Lipinski definition) is 1. The average molecular weight is 270 g/mol. The fourth-order valence-electron chi connectivity index (χ4n) is 2.00. The maximum absolute atomic E-state index is 4.61. The molecule has 0 radical (unpaired) electrons. The van der Waals surface area contributed by atoms with E-state index in [9.17, 15) is 0 Å². The van der Waals surface area contributed by atoms with Gasteiger partial charge in [0.15, 0.2) is 5.82 Å². The van der Waals surface area contributed by atoms with Crippen molar-refractivity contribution in [3.05, 3.63) is 41.3 Å². The van der Waals surface area contributed by atoms with E-state index in [1.54, 1.807) is 0 Å². The van der Waals surface area contributed by atoms with Crippen LogP contribution in [0.1, 0.15) is 30.9 Å². The minimum atomic E-state index is 0.635. The molecule has 0 spiro atoms. The lowest BCUT2D eigenvalue weighted by molar-refractivity contribution is 0.548. The number of hydrogen-bond acceptors (Lipinski definition) is 4. The first-order valence-electron chi connectivity index (χ1n) is 7.04. The Morgan fingerprint density at radius 3 is 2.55 bits per heavy atom. The summed E-state index contributed by atoms with van der Waals surface area (Å²) in [5.74, 6) is 1.34. The molecule has 1 N–H and O–H groups in total. The molecule has 2 aromatic rings. The Morgan fingerprint density at radius 1 is 1.05 bits per heavy atom. The van der Waals surface area contributed by atoms with Crippen molar-refractivity contribution in [3.63, 3.8) is 0 Å². The third kappa shape index (κ3) is 4.10. The number of nitrogens with zero attached hydrogens (tertiary/aromatic N) is 3. The predicted molar refractivity (Wildman–Crippen MR) is 81.3 cm³/mol. The zero-order valence-corrected chi connectivity index (χ0v) is 12.6. The zero-order chi connectivity index (χ0) is 14.5. The molecule has 2 aromatic heterocycles. The van der Waals surface area contributed by atoms with Gasteiger partial charge in [-0.15, -0.1) is 0 Å². The molecule has 0 saturated heterocycles. The van der Waals surface area contributed by atoms with Gasteiger partial charge in [-0.1, -0.05) is 19.9 Å². The summed E-state index contributed by atoms with van der Waals surface area (Å²) < 4.78 is 0. The third-order valence-corrected chi connectivity index (χ3v) is 2.88. The van der Waals surface area contributed by atoms with E-state index in [4.69, 9.17) is 0 Å². The molecule has 20 heavy (non-hydrogen) atoms. The highest BCUT2D eigenvalue weighted by molar-refractivity contribution is 5.49. The largest absolute Gasteiger partial charge is 0.311 e. The van der Waals surface area contributed by atoms with Crippen LogP contribution in [0.2, 0.25) is 0 Å². The first-order valence-corrected chi connectivity index (χ1v) is 7.04. The van der Waals surface area contributed by atoms with Crippen molar-refractivity contribution in [3.8, 4) is 11.5 Å². The van der Waals surface area contributed by atoms with Gasteiger partial charge in [0.1, 0.15) is 5.69 Å². The SMILES string of the molecule is Cc1cccc(-c2nc(C)cc(CNCC(C)C)n2)n1. The second-order valence-corrected chi connectivity index (χ2v) is 5.51. The number of aromatic nitrogens is 3. The van der Waals surface area contributed by atoms with E-state index >= 15 is 0 Å². The Morgan fingerprint density at radius 2 is 1.85 bits per heavy atom. The molecule has 0 saturated carbocycles. The van der Waals surface area contributed by atoms with Crippen LogP contribution in [0.5, 0.6) is 0 Å². The van der Waals surface area contributed by atoms with Crippen LogP contribution in [0, 0.1) is 19.8 Å². The van der Waals surface area contributed by atoms with Gasteiger partial charge in [-0.3, -0.25) is 0 Å². The highest BCUT2D eigenvalue weighted by atomic mass is 15.0. The molecule has 106 valence electrons. The van der Waals surface area contributed by atoms with Crippen molar-refractivity contribution in [2.24, 2.45) is 5.92 Å². The van der Waals surface area contributed by atoms with E-state index in [-0.39, 0.29) is 0 Å². The molecule has 4 nitrogen and oxygen atoms in total. The summed E-state index contributed by atoms with van der Waals surface area (Å²) >= 11 is 0. The predicted octanol–water partition coefficient (Wildman–Crippen LogP) is 2.90. The molecule has 0 aromatic carbocycles. The van der Waals surface area contributed by atoms with Crippen LogP contribution in [-0.2, 0) is 6.54 Å². The van der Waals surface area contributed by atoms with E-state index in [1.165, 1.54) is 0 Å². The lowest BCUT2D eigenvalue weighted by Crippen LogP contribution is -2.20. The summed E-state index contributed by atoms with van der Waals surface area (Å²) in [6.45, 7) is 10.1. The fraction of sp³-hybridized carbons (Fsp3) is 0.438. The highest BCUT2D eigenvalue weighted by Crippen LogP contribution is 2.14. The van der Waals surface area contributed by atoms with Crippen LogP contribution < -0.4 is 5.32 Å². The van der Waals surface area contributed by atoms with Crippen LogP contribution in [0.25, 0.3) is 11.5 Å². The molecule has 0 aliphatic rings. The molecule has 0 amide bonds.